The molecule has 0 atom stereocenters. The van der Waals surface area contributed by atoms with Gasteiger partial charge in [0.1, 0.15) is 5.75 Å². The molecule has 4 heteroatoms. The molecule has 3 aromatic rings. The Morgan fingerprint density at radius 3 is 2.33 bits per heavy atom. The number of ketones is 1. The van der Waals surface area contributed by atoms with E-state index in [2.05, 4.69) is 6.08 Å². The number of thiophene rings is 1. The predicted octanol–water partition coefficient (Wildman–Crippen LogP) is 5.49. The predicted molar refractivity (Wildman–Crippen MR) is 109 cm³/mol. The molecule has 0 radical (unpaired) electrons. The molecular formula is C23H16O3S. The molecule has 0 N–H and O–H groups in total. The number of hydrogen-bond acceptors (Lipinski definition) is 4. The molecule has 1 aliphatic carbocycles. The molecular weight excluding hydrogens is 356 g/mol. The second-order valence-electron chi connectivity index (χ2n) is 6.19. The van der Waals surface area contributed by atoms with Gasteiger partial charge in [0.2, 0.25) is 0 Å². The molecule has 4 rings (SSSR count). The van der Waals surface area contributed by atoms with Gasteiger partial charge in [-0.2, -0.15) is 0 Å². The van der Waals surface area contributed by atoms with Crippen molar-refractivity contribution < 1.29 is 14.3 Å². The van der Waals surface area contributed by atoms with Gasteiger partial charge in [-0.25, -0.2) is 4.79 Å². The fourth-order valence-corrected chi connectivity index (χ4v) is 3.68. The number of Topliss-reactive ketones (excluding diaryl/α,β-unsaturated/α-hetero) is 1. The van der Waals surface area contributed by atoms with Gasteiger partial charge >= 0.3 is 5.97 Å². The van der Waals surface area contributed by atoms with Crippen LogP contribution in [0.3, 0.4) is 0 Å². The van der Waals surface area contributed by atoms with Gasteiger partial charge in [0.15, 0.2) is 5.78 Å². The lowest BCUT2D eigenvalue weighted by atomic mass is 10.0. The molecule has 0 fully saturated rings. The van der Waals surface area contributed by atoms with Crippen LogP contribution in [0.25, 0.3) is 17.2 Å². The van der Waals surface area contributed by atoms with Crippen molar-refractivity contribution in [1.29, 1.82) is 0 Å². The number of carbonyl (C=O) groups is 2. The van der Waals surface area contributed by atoms with Crippen LogP contribution in [0.2, 0.25) is 0 Å². The molecule has 0 saturated carbocycles. The summed E-state index contributed by atoms with van der Waals surface area (Å²) in [5.74, 6) is -0.0182. The van der Waals surface area contributed by atoms with Crippen LogP contribution in [-0.4, -0.2) is 11.8 Å². The monoisotopic (exact) mass is 372 g/mol. The lowest BCUT2D eigenvalue weighted by molar-refractivity contribution is -0.127. The molecule has 27 heavy (non-hydrogen) atoms. The lowest BCUT2D eigenvalue weighted by Gasteiger charge is -2.07. The van der Waals surface area contributed by atoms with Crippen LogP contribution >= 0.6 is 11.3 Å². The summed E-state index contributed by atoms with van der Waals surface area (Å²) < 4.78 is 5.53. The summed E-state index contributed by atoms with van der Waals surface area (Å²) in [7, 11) is 0. The van der Waals surface area contributed by atoms with Gasteiger partial charge in [-0.3, -0.25) is 4.79 Å². The van der Waals surface area contributed by atoms with E-state index < -0.39 is 5.97 Å². The topological polar surface area (TPSA) is 43.4 Å². The van der Waals surface area contributed by atoms with Crippen LogP contribution in [0.4, 0.5) is 0 Å². The van der Waals surface area contributed by atoms with Crippen molar-refractivity contribution in [2.24, 2.45) is 0 Å². The van der Waals surface area contributed by atoms with Crippen LogP contribution in [-0.2, 0) is 4.79 Å². The van der Waals surface area contributed by atoms with Crippen LogP contribution in [0, 0.1) is 0 Å². The second-order valence-corrected chi connectivity index (χ2v) is 7.17. The van der Waals surface area contributed by atoms with E-state index in [-0.39, 0.29) is 5.78 Å². The molecule has 1 aliphatic rings. The summed E-state index contributed by atoms with van der Waals surface area (Å²) in [6.45, 7) is 1.50. The summed E-state index contributed by atoms with van der Waals surface area (Å²) in [5, 5.41) is 2.02. The average Bonchev–Trinajstić information content (AvgIpc) is 3.31. The number of allylic oxidation sites excluding steroid dienone is 2. The van der Waals surface area contributed by atoms with E-state index in [4.69, 9.17) is 4.74 Å². The van der Waals surface area contributed by atoms with Crippen molar-refractivity contribution in [3.05, 3.63) is 93.7 Å². The molecule has 0 spiro atoms. The minimum atomic E-state index is -0.410. The van der Waals surface area contributed by atoms with Crippen molar-refractivity contribution in [3.8, 4) is 5.75 Å². The average molecular weight is 372 g/mol. The first-order valence-electron chi connectivity index (χ1n) is 8.52. The van der Waals surface area contributed by atoms with Crippen molar-refractivity contribution in [2.75, 3.05) is 0 Å². The van der Waals surface area contributed by atoms with E-state index in [1.807, 2.05) is 47.9 Å². The Hall–Kier alpha value is -3.24. The maximum absolute atomic E-state index is 12.8. The minimum Gasteiger partial charge on any atom is -0.423 e. The molecule has 1 heterocycles. The van der Waals surface area contributed by atoms with Gasteiger partial charge in [0.25, 0.3) is 0 Å². The Morgan fingerprint density at radius 1 is 0.926 bits per heavy atom. The number of esters is 1. The first kappa shape index (κ1) is 17.2. The summed E-state index contributed by atoms with van der Waals surface area (Å²) in [4.78, 5) is 25.3. The van der Waals surface area contributed by atoms with Gasteiger partial charge in [-0.05, 0) is 71.5 Å². The highest BCUT2D eigenvalue weighted by atomic mass is 32.1. The van der Waals surface area contributed by atoms with E-state index in [1.54, 1.807) is 35.6 Å². The van der Waals surface area contributed by atoms with E-state index in [1.165, 1.54) is 6.92 Å². The molecule has 2 aromatic carbocycles. The Kier molecular flexibility index (Phi) is 4.57. The molecule has 0 saturated heterocycles. The van der Waals surface area contributed by atoms with Gasteiger partial charge < -0.3 is 4.74 Å². The Balaban J connectivity index is 1.64. The third-order valence-corrected chi connectivity index (χ3v) is 5.18. The van der Waals surface area contributed by atoms with Crippen molar-refractivity contribution in [3.63, 3.8) is 0 Å². The van der Waals surface area contributed by atoms with Crippen molar-refractivity contribution >= 4 is 40.3 Å². The largest absolute Gasteiger partial charge is 0.423 e. The zero-order valence-electron chi connectivity index (χ0n) is 14.6. The number of carbonyl (C=O) groups excluding carboxylic acids is 2. The highest BCUT2D eigenvalue weighted by Gasteiger charge is 2.24. The number of fused-ring (bicyclic) bond motifs is 1. The summed E-state index contributed by atoms with van der Waals surface area (Å²) in [5.41, 5.74) is 3.99. The van der Waals surface area contributed by atoms with Gasteiger partial charge in [0.05, 0.1) is 5.57 Å². The smallest absolute Gasteiger partial charge is 0.344 e. The first-order valence-corrected chi connectivity index (χ1v) is 9.39. The summed E-state index contributed by atoms with van der Waals surface area (Å²) >= 11 is 1.65. The highest BCUT2D eigenvalue weighted by Crippen LogP contribution is 2.37. The molecule has 1 aromatic heterocycles. The number of benzene rings is 2. The first-order chi connectivity index (χ1) is 13.1. The zero-order valence-corrected chi connectivity index (χ0v) is 15.5. The van der Waals surface area contributed by atoms with Crippen LogP contribution in [0.5, 0.6) is 5.75 Å². The van der Waals surface area contributed by atoms with Gasteiger partial charge in [-0.15, -0.1) is 11.3 Å². The van der Waals surface area contributed by atoms with Crippen molar-refractivity contribution in [2.45, 2.75) is 6.92 Å². The molecule has 132 valence electrons. The third-order valence-electron chi connectivity index (χ3n) is 4.36. The minimum absolute atomic E-state index is 0.0244. The third kappa shape index (κ3) is 3.52. The lowest BCUT2D eigenvalue weighted by Crippen LogP contribution is -2.09. The maximum Gasteiger partial charge on any atom is 0.344 e. The fourth-order valence-electron chi connectivity index (χ4n) is 3.02. The Labute approximate surface area is 161 Å². The number of ether oxygens (including phenoxy) is 1. The molecule has 0 unspecified atom stereocenters. The summed E-state index contributed by atoms with van der Waals surface area (Å²) in [6, 6.07) is 18.4. The van der Waals surface area contributed by atoms with E-state index in [9.17, 15) is 9.59 Å². The maximum atomic E-state index is 12.8. The molecule has 3 nitrogen and oxygen atoms in total. The van der Waals surface area contributed by atoms with Crippen LogP contribution in [0.1, 0.15) is 33.3 Å². The van der Waals surface area contributed by atoms with Crippen LogP contribution in [0.15, 0.2) is 72.1 Å². The number of hydrogen-bond donors (Lipinski definition) is 0. The van der Waals surface area contributed by atoms with E-state index in [0.717, 1.165) is 21.6 Å². The SMILES string of the molecule is CC(=O)c1ccc(OC(=O)C2=C/C(=C\c3cccs3)c3ccccc32)cc1. The Bertz CT molecular complexity index is 1070. The fraction of sp³-hybridized carbons (Fsp3) is 0.0435. The van der Waals surface area contributed by atoms with E-state index in [0.29, 0.717) is 16.9 Å². The molecule has 0 amide bonds. The van der Waals surface area contributed by atoms with Gasteiger partial charge in [-0.1, -0.05) is 30.3 Å². The normalized spacial score (nSPS) is 14.0. The standard InChI is InChI=1S/C23H16O3S/c1-15(24)16-8-10-18(11-9-16)26-23(25)22-14-17(13-19-5-4-12-27-19)20-6-2-3-7-21(20)22/h2-14H,1H3/b17-13+. The highest BCUT2D eigenvalue weighted by molar-refractivity contribution is 7.10. The summed E-state index contributed by atoms with van der Waals surface area (Å²) in [6.07, 6.45) is 3.95. The quantitative estimate of drug-likeness (QED) is 0.345. The molecule has 0 bridgehead atoms. The Morgan fingerprint density at radius 2 is 1.67 bits per heavy atom. The van der Waals surface area contributed by atoms with E-state index >= 15 is 0 Å². The van der Waals surface area contributed by atoms with Crippen molar-refractivity contribution in [1.82, 2.24) is 0 Å². The van der Waals surface area contributed by atoms with Crippen LogP contribution < -0.4 is 4.74 Å². The second kappa shape index (κ2) is 7.17. The molecule has 0 aliphatic heterocycles. The van der Waals surface area contributed by atoms with Gasteiger partial charge in [0, 0.05) is 10.4 Å². The zero-order chi connectivity index (χ0) is 18.8. The number of rotatable bonds is 4.